The number of hydrogen-bond acceptors (Lipinski definition) is 5. The van der Waals surface area contributed by atoms with E-state index in [-0.39, 0.29) is 37.1 Å². The minimum atomic E-state index is -0.506. The number of amides is 3. The molecule has 3 amide bonds. The lowest BCUT2D eigenvalue weighted by molar-refractivity contribution is -0.138. The lowest BCUT2D eigenvalue weighted by atomic mass is 10.3. The molecule has 0 aromatic heterocycles. The van der Waals surface area contributed by atoms with E-state index in [4.69, 9.17) is 11.9 Å². The predicted octanol–water partition coefficient (Wildman–Crippen LogP) is -0.917. The van der Waals surface area contributed by atoms with Crippen molar-refractivity contribution in [2.75, 3.05) is 26.8 Å². The number of nitrogens with zero attached hydrogens (tertiary/aromatic N) is 1. The molecular formula is C10H15BN2O4S. The molecule has 18 heavy (non-hydrogen) atoms. The third-order valence-corrected chi connectivity index (χ3v) is 3.25. The molecule has 0 aromatic carbocycles. The van der Waals surface area contributed by atoms with Crippen molar-refractivity contribution in [3.05, 3.63) is 0 Å². The second-order valence-electron chi connectivity index (χ2n) is 3.81. The van der Waals surface area contributed by atoms with Crippen molar-refractivity contribution >= 4 is 36.5 Å². The lowest BCUT2D eigenvalue weighted by Gasteiger charge is -2.14. The minimum absolute atomic E-state index is 0.100. The van der Waals surface area contributed by atoms with E-state index >= 15 is 0 Å². The first-order valence-corrected chi connectivity index (χ1v) is 6.49. The van der Waals surface area contributed by atoms with Crippen molar-refractivity contribution in [3.63, 3.8) is 0 Å². The maximum absolute atomic E-state index is 11.7. The van der Waals surface area contributed by atoms with Crippen LogP contribution in [0.3, 0.4) is 0 Å². The van der Waals surface area contributed by atoms with Gasteiger partial charge in [-0.1, -0.05) is 0 Å². The summed E-state index contributed by atoms with van der Waals surface area (Å²) < 4.78 is 4.78. The first-order chi connectivity index (χ1) is 8.60. The first-order valence-electron chi connectivity index (χ1n) is 5.55. The standard InChI is InChI=1S/C10H15BN2O4S/c1-17-5-3-12-8(14)2-4-13-9(15)6-7(18-11)10(13)16/h7H,2-6H2,1H3,(H,12,14). The molecule has 1 atom stereocenters. The highest BCUT2D eigenvalue weighted by Gasteiger charge is 2.37. The van der Waals surface area contributed by atoms with Crippen LogP contribution in [0.2, 0.25) is 0 Å². The smallest absolute Gasteiger partial charge is 0.241 e. The average Bonchev–Trinajstić information content (AvgIpc) is 2.62. The summed E-state index contributed by atoms with van der Waals surface area (Å²) in [6.07, 6.45) is 0.217. The molecule has 1 fully saturated rings. The zero-order valence-electron chi connectivity index (χ0n) is 10.2. The SMILES string of the molecule is [B]SC1CC(=O)N(CCC(=O)NCCOC)C1=O. The monoisotopic (exact) mass is 270 g/mol. The second-order valence-corrected chi connectivity index (χ2v) is 4.65. The van der Waals surface area contributed by atoms with Gasteiger partial charge in [0.2, 0.25) is 17.7 Å². The van der Waals surface area contributed by atoms with Gasteiger partial charge in [-0.05, 0) is 0 Å². The highest BCUT2D eigenvalue weighted by molar-refractivity contribution is 8.20. The topological polar surface area (TPSA) is 75.7 Å². The van der Waals surface area contributed by atoms with Crippen LogP contribution in [0.4, 0.5) is 0 Å². The Morgan fingerprint density at radius 2 is 2.33 bits per heavy atom. The van der Waals surface area contributed by atoms with Crippen LogP contribution in [-0.4, -0.2) is 61.8 Å². The number of rotatable bonds is 7. The van der Waals surface area contributed by atoms with Crippen molar-refractivity contribution in [2.24, 2.45) is 0 Å². The molecule has 8 heteroatoms. The van der Waals surface area contributed by atoms with Gasteiger partial charge in [0.15, 0.2) is 7.12 Å². The van der Waals surface area contributed by atoms with Gasteiger partial charge >= 0.3 is 0 Å². The fourth-order valence-electron chi connectivity index (χ4n) is 1.59. The summed E-state index contributed by atoms with van der Waals surface area (Å²) in [7, 11) is 6.85. The predicted molar refractivity (Wildman–Crippen MR) is 68.0 cm³/mol. The van der Waals surface area contributed by atoms with Crippen LogP contribution in [0, 0.1) is 0 Å². The Balaban J connectivity index is 2.32. The number of hydrogen-bond donors (Lipinski definition) is 1. The molecule has 0 aliphatic carbocycles. The summed E-state index contributed by atoms with van der Waals surface area (Å²) in [6.45, 7) is 0.950. The van der Waals surface area contributed by atoms with Gasteiger partial charge in [0.25, 0.3) is 0 Å². The molecule has 98 valence electrons. The van der Waals surface area contributed by atoms with Crippen molar-refractivity contribution < 1.29 is 19.1 Å². The van der Waals surface area contributed by atoms with Gasteiger partial charge in [-0.3, -0.25) is 19.3 Å². The number of likely N-dealkylation sites (tertiary alicyclic amines) is 1. The van der Waals surface area contributed by atoms with Crippen LogP contribution < -0.4 is 5.32 Å². The van der Waals surface area contributed by atoms with E-state index < -0.39 is 5.25 Å². The Morgan fingerprint density at radius 3 is 2.89 bits per heavy atom. The van der Waals surface area contributed by atoms with Gasteiger partial charge in [-0.25, -0.2) is 11.6 Å². The van der Waals surface area contributed by atoms with E-state index in [2.05, 4.69) is 5.32 Å². The normalized spacial score (nSPS) is 19.4. The highest BCUT2D eigenvalue weighted by atomic mass is 32.2. The van der Waals surface area contributed by atoms with Crippen LogP contribution in [0.1, 0.15) is 12.8 Å². The summed E-state index contributed by atoms with van der Waals surface area (Å²) in [6, 6.07) is 0. The third-order valence-electron chi connectivity index (χ3n) is 2.56. The molecule has 1 heterocycles. The van der Waals surface area contributed by atoms with Gasteiger partial charge in [-0.15, -0.1) is 0 Å². The number of methoxy groups -OCH3 is 1. The Labute approximate surface area is 111 Å². The molecule has 1 saturated heterocycles. The molecule has 0 spiro atoms. The van der Waals surface area contributed by atoms with E-state index in [1.54, 1.807) is 7.11 Å². The third kappa shape index (κ3) is 4.02. The fourth-order valence-corrected chi connectivity index (χ4v) is 2.07. The lowest BCUT2D eigenvalue weighted by Crippen LogP contribution is -2.36. The van der Waals surface area contributed by atoms with Crippen molar-refractivity contribution in [2.45, 2.75) is 18.1 Å². The van der Waals surface area contributed by atoms with Gasteiger partial charge in [0.1, 0.15) is 0 Å². The number of nitrogens with one attached hydrogen (secondary N) is 1. The Morgan fingerprint density at radius 1 is 1.61 bits per heavy atom. The molecule has 1 unspecified atom stereocenters. The number of carbonyl (C=O) groups is 3. The molecule has 0 aromatic rings. The van der Waals surface area contributed by atoms with Gasteiger partial charge < -0.3 is 10.1 Å². The average molecular weight is 270 g/mol. The minimum Gasteiger partial charge on any atom is -0.383 e. The van der Waals surface area contributed by atoms with Crippen LogP contribution in [0.5, 0.6) is 0 Å². The van der Waals surface area contributed by atoms with Crippen molar-refractivity contribution in [1.29, 1.82) is 0 Å². The molecular weight excluding hydrogens is 255 g/mol. The number of ether oxygens (including phenoxy) is 1. The molecule has 1 N–H and O–H groups in total. The van der Waals surface area contributed by atoms with E-state index in [9.17, 15) is 14.4 Å². The van der Waals surface area contributed by atoms with Crippen LogP contribution in [-0.2, 0) is 19.1 Å². The van der Waals surface area contributed by atoms with Crippen LogP contribution >= 0.6 is 11.6 Å². The van der Waals surface area contributed by atoms with Crippen molar-refractivity contribution in [1.82, 2.24) is 10.2 Å². The summed E-state index contributed by atoms with van der Waals surface area (Å²) in [5, 5.41) is 2.11. The maximum Gasteiger partial charge on any atom is 0.241 e. The maximum atomic E-state index is 11.7. The Hall–Kier alpha value is -1.02. The number of imide groups is 1. The molecule has 0 saturated carbocycles. The molecule has 2 radical (unpaired) electrons. The summed E-state index contributed by atoms with van der Waals surface area (Å²) >= 11 is 0.870. The molecule has 1 aliphatic heterocycles. The van der Waals surface area contributed by atoms with E-state index in [1.165, 1.54) is 0 Å². The van der Waals surface area contributed by atoms with E-state index in [1.807, 2.05) is 0 Å². The van der Waals surface area contributed by atoms with Crippen LogP contribution in [0.15, 0.2) is 0 Å². The number of carbonyl (C=O) groups excluding carboxylic acids is 3. The molecule has 6 nitrogen and oxygen atoms in total. The molecule has 0 bridgehead atoms. The fraction of sp³-hybridized carbons (Fsp3) is 0.700. The summed E-state index contributed by atoms with van der Waals surface area (Å²) in [4.78, 5) is 35.7. The largest absolute Gasteiger partial charge is 0.383 e. The van der Waals surface area contributed by atoms with E-state index in [0.717, 1.165) is 16.5 Å². The zero-order valence-corrected chi connectivity index (χ0v) is 11.0. The van der Waals surface area contributed by atoms with Gasteiger partial charge in [0, 0.05) is 33.0 Å². The Kier molecular flexibility index (Phi) is 6.21. The Bertz CT molecular complexity index is 340. The summed E-state index contributed by atoms with van der Waals surface area (Å²) in [5.74, 6) is -0.790. The molecule has 1 rings (SSSR count). The quantitative estimate of drug-likeness (QED) is 0.368. The zero-order chi connectivity index (χ0) is 13.5. The highest BCUT2D eigenvalue weighted by Crippen LogP contribution is 2.22. The second kappa shape index (κ2) is 7.43. The summed E-state index contributed by atoms with van der Waals surface area (Å²) in [5.41, 5.74) is 0. The van der Waals surface area contributed by atoms with Crippen molar-refractivity contribution in [3.8, 4) is 0 Å². The van der Waals surface area contributed by atoms with Gasteiger partial charge in [0.05, 0.1) is 11.9 Å². The van der Waals surface area contributed by atoms with E-state index in [0.29, 0.717) is 13.2 Å². The first kappa shape index (κ1) is 15.0. The van der Waals surface area contributed by atoms with Gasteiger partial charge in [-0.2, -0.15) is 0 Å². The van der Waals surface area contributed by atoms with Crippen LogP contribution in [0.25, 0.3) is 0 Å². The molecule has 1 aliphatic rings.